The molecule has 1 aromatic heterocycles. The maximum atomic E-state index is 11.9. The van der Waals surface area contributed by atoms with E-state index in [0.29, 0.717) is 0 Å². The largest absolute Gasteiger partial charge is 0.464 e. The Bertz CT molecular complexity index is 822. The van der Waals surface area contributed by atoms with E-state index in [-0.39, 0.29) is 32.8 Å². The maximum absolute atomic E-state index is 11.9. The van der Waals surface area contributed by atoms with Crippen LogP contribution in [0.2, 0.25) is 0 Å². The highest BCUT2D eigenvalue weighted by Gasteiger charge is 2.27. The zero-order valence-corrected chi connectivity index (χ0v) is 12.8. The van der Waals surface area contributed by atoms with Crippen LogP contribution in [0.15, 0.2) is 28.9 Å². The first-order chi connectivity index (χ1) is 10.4. The smallest absolute Gasteiger partial charge is 0.357 e. The van der Waals surface area contributed by atoms with E-state index in [1.807, 2.05) is 6.07 Å². The van der Waals surface area contributed by atoms with E-state index >= 15 is 0 Å². The predicted octanol–water partition coefficient (Wildman–Crippen LogP) is 2.39. The van der Waals surface area contributed by atoms with Crippen molar-refractivity contribution < 1.29 is 14.5 Å². The van der Waals surface area contributed by atoms with Crippen molar-refractivity contribution in [2.45, 2.75) is 0 Å². The number of nitrogen functional groups attached to an aromatic ring is 1. The number of carbonyl (C=O) groups is 1. The summed E-state index contributed by atoms with van der Waals surface area (Å²) in [7, 11) is 1.15. The van der Waals surface area contributed by atoms with Crippen LogP contribution in [0.4, 0.5) is 11.4 Å². The lowest BCUT2D eigenvalue weighted by Gasteiger charge is -2.09. The number of ether oxygens (including phenoxy) is 1. The molecule has 22 heavy (non-hydrogen) atoms. The van der Waals surface area contributed by atoms with E-state index in [4.69, 9.17) is 11.0 Å². The quantitative estimate of drug-likeness (QED) is 0.506. The van der Waals surface area contributed by atoms with Gasteiger partial charge < -0.3 is 15.0 Å². The summed E-state index contributed by atoms with van der Waals surface area (Å²) >= 11 is 3.10. The Hall–Kier alpha value is -2.86. The molecule has 0 saturated carbocycles. The molecule has 0 aliphatic carbocycles. The number of nitro benzene ring substituents is 1. The molecule has 112 valence electrons. The third kappa shape index (κ3) is 2.40. The van der Waals surface area contributed by atoms with Gasteiger partial charge in [-0.1, -0.05) is 6.07 Å². The SMILES string of the molecule is COC(=O)c1c(N)c(C#N)cn1-c1cccc(Br)c1[N+](=O)[O-]. The number of nitriles is 1. The lowest BCUT2D eigenvalue weighted by Crippen LogP contribution is -2.12. The Kier molecular flexibility index (Phi) is 4.14. The van der Waals surface area contributed by atoms with Gasteiger partial charge in [0.05, 0.1) is 27.8 Å². The molecule has 2 N–H and O–H groups in total. The molecule has 1 heterocycles. The summed E-state index contributed by atoms with van der Waals surface area (Å²) in [6.45, 7) is 0. The number of anilines is 1. The lowest BCUT2D eigenvalue weighted by molar-refractivity contribution is -0.385. The molecule has 0 saturated heterocycles. The average Bonchev–Trinajstić information content (AvgIpc) is 2.82. The zero-order valence-electron chi connectivity index (χ0n) is 11.2. The summed E-state index contributed by atoms with van der Waals surface area (Å²) in [5, 5.41) is 20.3. The number of nitrogens with two attached hydrogens (primary N) is 1. The van der Waals surface area contributed by atoms with Crippen molar-refractivity contribution in [3.63, 3.8) is 0 Å². The van der Waals surface area contributed by atoms with E-state index in [2.05, 4.69) is 20.7 Å². The molecule has 0 unspecified atom stereocenters. The number of nitrogens with zero attached hydrogens (tertiary/aromatic N) is 3. The predicted molar refractivity (Wildman–Crippen MR) is 80.6 cm³/mol. The third-order valence-corrected chi connectivity index (χ3v) is 3.59. The average molecular weight is 365 g/mol. The van der Waals surface area contributed by atoms with Gasteiger partial charge in [0, 0.05) is 6.20 Å². The van der Waals surface area contributed by atoms with Gasteiger partial charge in [-0.25, -0.2) is 4.79 Å². The number of halogens is 1. The number of benzene rings is 1. The van der Waals surface area contributed by atoms with Crippen LogP contribution < -0.4 is 5.73 Å². The first-order valence-corrected chi connectivity index (χ1v) is 6.64. The number of para-hydroxylation sites is 1. The molecule has 0 bridgehead atoms. The molecule has 0 spiro atoms. The number of methoxy groups -OCH3 is 1. The molecule has 2 rings (SSSR count). The monoisotopic (exact) mass is 364 g/mol. The molecule has 0 fully saturated rings. The van der Waals surface area contributed by atoms with Crippen molar-refractivity contribution in [1.29, 1.82) is 5.26 Å². The Morgan fingerprint density at radius 3 is 2.77 bits per heavy atom. The number of esters is 1. The molecule has 0 amide bonds. The first kappa shape index (κ1) is 15.5. The maximum Gasteiger partial charge on any atom is 0.357 e. The number of rotatable bonds is 3. The lowest BCUT2D eigenvalue weighted by atomic mass is 10.2. The van der Waals surface area contributed by atoms with Gasteiger partial charge in [-0.05, 0) is 28.1 Å². The summed E-state index contributed by atoms with van der Waals surface area (Å²) in [4.78, 5) is 22.6. The summed E-state index contributed by atoms with van der Waals surface area (Å²) < 4.78 is 6.05. The minimum absolute atomic E-state index is 0.0228. The van der Waals surface area contributed by atoms with Gasteiger partial charge in [0.2, 0.25) is 0 Å². The number of hydrogen-bond donors (Lipinski definition) is 1. The molecule has 2 aromatic rings. The van der Waals surface area contributed by atoms with Crippen LogP contribution in [0.1, 0.15) is 16.1 Å². The van der Waals surface area contributed by atoms with Crippen LogP contribution in [0.25, 0.3) is 5.69 Å². The molecule has 1 aromatic carbocycles. The van der Waals surface area contributed by atoms with Crippen LogP contribution in [0.5, 0.6) is 0 Å². The molecule has 0 aliphatic rings. The van der Waals surface area contributed by atoms with E-state index in [1.165, 1.54) is 22.9 Å². The number of hydrogen-bond acceptors (Lipinski definition) is 6. The fraction of sp³-hybridized carbons (Fsp3) is 0.0769. The number of aromatic nitrogens is 1. The molecule has 8 nitrogen and oxygen atoms in total. The van der Waals surface area contributed by atoms with Crippen LogP contribution >= 0.6 is 15.9 Å². The van der Waals surface area contributed by atoms with Crippen molar-refractivity contribution in [2.24, 2.45) is 0 Å². The van der Waals surface area contributed by atoms with E-state index < -0.39 is 10.9 Å². The third-order valence-electron chi connectivity index (χ3n) is 2.95. The first-order valence-electron chi connectivity index (χ1n) is 5.84. The molecule has 0 aliphatic heterocycles. The minimum atomic E-state index is -0.798. The highest BCUT2D eigenvalue weighted by Crippen LogP contribution is 2.34. The molecule has 9 heteroatoms. The normalized spacial score (nSPS) is 10.0. The van der Waals surface area contributed by atoms with Gasteiger partial charge >= 0.3 is 11.7 Å². The highest BCUT2D eigenvalue weighted by atomic mass is 79.9. The van der Waals surface area contributed by atoms with Crippen molar-refractivity contribution in [2.75, 3.05) is 12.8 Å². The van der Waals surface area contributed by atoms with Crippen molar-refractivity contribution in [3.8, 4) is 11.8 Å². The van der Waals surface area contributed by atoms with Crippen LogP contribution in [0, 0.1) is 21.4 Å². The molecular weight excluding hydrogens is 356 g/mol. The van der Waals surface area contributed by atoms with Crippen LogP contribution in [-0.2, 0) is 4.74 Å². The summed E-state index contributed by atoms with van der Waals surface area (Å²) in [5.41, 5.74) is 5.39. The Balaban J connectivity index is 2.85. The highest BCUT2D eigenvalue weighted by molar-refractivity contribution is 9.10. The van der Waals surface area contributed by atoms with Crippen LogP contribution in [0.3, 0.4) is 0 Å². The van der Waals surface area contributed by atoms with Gasteiger partial charge in [-0.2, -0.15) is 5.26 Å². The number of nitro groups is 1. The topological polar surface area (TPSA) is 124 Å². The fourth-order valence-electron chi connectivity index (χ4n) is 1.98. The molecule has 0 radical (unpaired) electrons. The summed E-state index contributed by atoms with van der Waals surface area (Å²) in [6.07, 6.45) is 1.26. The van der Waals surface area contributed by atoms with Crippen LogP contribution in [-0.4, -0.2) is 22.6 Å². The van der Waals surface area contributed by atoms with Gasteiger partial charge in [0.15, 0.2) is 5.69 Å². The van der Waals surface area contributed by atoms with E-state index in [9.17, 15) is 14.9 Å². The number of carbonyl (C=O) groups excluding carboxylic acids is 1. The van der Waals surface area contributed by atoms with Gasteiger partial charge in [-0.3, -0.25) is 10.1 Å². The molecular formula is C13H9BrN4O4. The van der Waals surface area contributed by atoms with Crippen molar-refractivity contribution in [1.82, 2.24) is 4.57 Å². The van der Waals surface area contributed by atoms with E-state index in [0.717, 1.165) is 7.11 Å². The molecule has 0 atom stereocenters. The summed E-state index contributed by atoms with van der Waals surface area (Å²) in [6, 6.07) is 6.34. The summed E-state index contributed by atoms with van der Waals surface area (Å²) in [5.74, 6) is -0.798. The van der Waals surface area contributed by atoms with Gasteiger partial charge in [0.1, 0.15) is 11.8 Å². The van der Waals surface area contributed by atoms with Gasteiger partial charge in [-0.15, -0.1) is 0 Å². The van der Waals surface area contributed by atoms with Crippen molar-refractivity contribution in [3.05, 3.63) is 50.2 Å². The van der Waals surface area contributed by atoms with E-state index in [1.54, 1.807) is 6.07 Å². The Morgan fingerprint density at radius 2 is 2.23 bits per heavy atom. The minimum Gasteiger partial charge on any atom is -0.464 e. The zero-order chi connectivity index (χ0) is 16.4. The fourth-order valence-corrected chi connectivity index (χ4v) is 2.48. The second-order valence-corrected chi connectivity index (χ2v) is 5.00. The standard InChI is InChI=1S/C13H9BrN4O4/c1-22-13(19)12-10(16)7(5-15)6-17(12)9-4-2-3-8(14)11(9)18(20)21/h2-4,6H,16H2,1H3. The second kappa shape index (κ2) is 5.87. The van der Waals surface area contributed by atoms with Crippen molar-refractivity contribution >= 4 is 33.3 Å². The Morgan fingerprint density at radius 1 is 1.55 bits per heavy atom. The second-order valence-electron chi connectivity index (χ2n) is 4.14. The van der Waals surface area contributed by atoms with Gasteiger partial charge in [0.25, 0.3) is 0 Å². The Labute approximate surface area is 133 Å².